The van der Waals surface area contributed by atoms with E-state index in [0.29, 0.717) is 18.2 Å². The average Bonchev–Trinajstić information content (AvgIpc) is 3.09. The summed E-state index contributed by atoms with van der Waals surface area (Å²) in [5.74, 6) is -0.0611. The van der Waals surface area contributed by atoms with Crippen molar-refractivity contribution in [3.8, 4) is 0 Å². The predicted molar refractivity (Wildman–Crippen MR) is 80.4 cm³/mol. The maximum absolute atomic E-state index is 12.1. The molecule has 0 spiro atoms. The van der Waals surface area contributed by atoms with E-state index in [0.717, 1.165) is 25.9 Å². The summed E-state index contributed by atoms with van der Waals surface area (Å²) in [6.07, 6.45) is 3.03. The normalized spacial score (nSPS) is 19.6. The largest absolute Gasteiger partial charge is 0.376 e. The van der Waals surface area contributed by atoms with Gasteiger partial charge in [0.2, 0.25) is 5.91 Å². The van der Waals surface area contributed by atoms with Gasteiger partial charge in [0.05, 0.1) is 11.4 Å². The molecule has 1 aromatic rings. The zero-order valence-corrected chi connectivity index (χ0v) is 13.2. The maximum atomic E-state index is 12.1. The lowest BCUT2D eigenvalue weighted by atomic mass is 10.2. The van der Waals surface area contributed by atoms with Gasteiger partial charge >= 0.3 is 5.69 Å². The highest BCUT2D eigenvalue weighted by molar-refractivity contribution is 8.00. The minimum Gasteiger partial charge on any atom is -0.376 e. The van der Waals surface area contributed by atoms with Gasteiger partial charge in [-0.2, -0.15) is 0 Å². The summed E-state index contributed by atoms with van der Waals surface area (Å²) in [7, 11) is 0. The van der Waals surface area contributed by atoms with Gasteiger partial charge in [0, 0.05) is 19.7 Å². The van der Waals surface area contributed by atoms with Crippen LogP contribution < -0.4 is 11.0 Å². The van der Waals surface area contributed by atoms with E-state index in [1.165, 1.54) is 11.8 Å². The summed E-state index contributed by atoms with van der Waals surface area (Å²) in [6, 6.07) is 0. The molecule has 0 saturated carbocycles. The Morgan fingerprint density at radius 2 is 2.48 bits per heavy atom. The van der Waals surface area contributed by atoms with Gasteiger partial charge in [-0.1, -0.05) is 18.7 Å². The summed E-state index contributed by atoms with van der Waals surface area (Å²) in [5.41, 5.74) is -0.230. The summed E-state index contributed by atoms with van der Waals surface area (Å²) < 4.78 is 7.04. The van der Waals surface area contributed by atoms with Gasteiger partial charge in [-0.3, -0.25) is 9.36 Å². The number of H-pyrrole nitrogens is 1. The molecule has 1 saturated heterocycles. The van der Waals surface area contributed by atoms with Crippen LogP contribution in [0.4, 0.5) is 0 Å². The van der Waals surface area contributed by atoms with Crippen molar-refractivity contribution in [2.24, 2.45) is 0 Å². The van der Waals surface area contributed by atoms with E-state index in [4.69, 9.17) is 4.74 Å². The van der Waals surface area contributed by atoms with Crippen LogP contribution in [0, 0.1) is 0 Å². The smallest absolute Gasteiger partial charge is 0.343 e. The number of thioether (sulfide) groups is 1. The Hall–Kier alpha value is -1.28. The lowest BCUT2D eigenvalue weighted by Crippen LogP contribution is -2.36. The van der Waals surface area contributed by atoms with Crippen molar-refractivity contribution in [1.29, 1.82) is 0 Å². The van der Waals surface area contributed by atoms with E-state index >= 15 is 0 Å². The monoisotopic (exact) mass is 314 g/mol. The SMILES string of the molecule is CCCn1c(SC(C)C(=O)NCC2CCCO2)n[nH]c1=O. The lowest BCUT2D eigenvalue weighted by Gasteiger charge is -2.14. The maximum Gasteiger partial charge on any atom is 0.343 e. The van der Waals surface area contributed by atoms with E-state index in [2.05, 4.69) is 15.5 Å². The third kappa shape index (κ3) is 4.34. The van der Waals surface area contributed by atoms with Crippen molar-refractivity contribution in [2.75, 3.05) is 13.2 Å². The fourth-order valence-electron chi connectivity index (χ4n) is 2.19. The average molecular weight is 314 g/mol. The lowest BCUT2D eigenvalue weighted by molar-refractivity contribution is -0.120. The molecule has 2 heterocycles. The van der Waals surface area contributed by atoms with Crippen LogP contribution in [-0.2, 0) is 16.1 Å². The van der Waals surface area contributed by atoms with E-state index < -0.39 is 0 Å². The molecule has 1 aliphatic heterocycles. The Morgan fingerprint density at radius 1 is 1.67 bits per heavy atom. The second kappa shape index (κ2) is 7.65. The molecule has 7 nitrogen and oxygen atoms in total. The molecule has 2 N–H and O–H groups in total. The van der Waals surface area contributed by atoms with Crippen LogP contribution in [0.5, 0.6) is 0 Å². The topological polar surface area (TPSA) is 89.0 Å². The standard InChI is InChI=1S/C13H22N4O3S/c1-3-6-17-12(19)15-16-13(17)21-9(2)11(18)14-8-10-5-4-7-20-10/h9-10H,3-8H2,1-2H3,(H,14,18)(H,15,19). The highest BCUT2D eigenvalue weighted by atomic mass is 32.2. The number of carbonyl (C=O) groups excluding carboxylic acids is 1. The number of aromatic nitrogens is 3. The number of nitrogens with zero attached hydrogens (tertiary/aromatic N) is 2. The van der Waals surface area contributed by atoms with Crippen LogP contribution in [0.25, 0.3) is 0 Å². The van der Waals surface area contributed by atoms with Crippen molar-refractivity contribution >= 4 is 17.7 Å². The molecular weight excluding hydrogens is 292 g/mol. The predicted octanol–water partition coefficient (Wildman–Crippen LogP) is 0.757. The molecule has 8 heteroatoms. The molecule has 1 amide bonds. The molecule has 118 valence electrons. The molecule has 0 aromatic carbocycles. The van der Waals surface area contributed by atoms with Gasteiger partial charge < -0.3 is 10.1 Å². The van der Waals surface area contributed by atoms with Crippen molar-refractivity contribution in [3.63, 3.8) is 0 Å². The number of rotatable bonds is 7. The quantitative estimate of drug-likeness (QED) is 0.725. The Balaban J connectivity index is 1.86. The molecule has 2 rings (SSSR count). The summed E-state index contributed by atoms with van der Waals surface area (Å²) >= 11 is 1.29. The number of carbonyl (C=O) groups is 1. The Morgan fingerprint density at radius 3 is 3.14 bits per heavy atom. The summed E-state index contributed by atoms with van der Waals surface area (Å²) in [4.78, 5) is 23.7. The number of amides is 1. The van der Waals surface area contributed by atoms with Gasteiger partial charge in [-0.05, 0) is 26.2 Å². The van der Waals surface area contributed by atoms with E-state index in [-0.39, 0.29) is 23.0 Å². The Kier molecular flexibility index (Phi) is 5.86. The number of aromatic amines is 1. The first-order valence-corrected chi connectivity index (χ1v) is 8.21. The Bertz CT molecular complexity index is 522. The summed E-state index contributed by atoms with van der Waals surface area (Å²) in [5, 5.41) is 9.55. The van der Waals surface area contributed by atoms with Crippen LogP contribution in [0.15, 0.2) is 9.95 Å². The number of nitrogens with one attached hydrogen (secondary N) is 2. The summed E-state index contributed by atoms with van der Waals surface area (Å²) in [6.45, 7) is 5.73. The van der Waals surface area contributed by atoms with Crippen LogP contribution in [0.2, 0.25) is 0 Å². The highest BCUT2D eigenvalue weighted by Gasteiger charge is 2.21. The molecular formula is C13H22N4O3S. The molecule has 2 unspecified atom stereocenters. The highest BCUT2D eigenvalue weighted by Crippen LogP contribution is 2.20. The fourth-order valence-corrected chi connectivity index (χ4v) is 3.10. The zero-order chi connectivity index (χ0) is 15.2. The first-order valence-electron chi connectivity index (χ1n) is 7.33. The minimum atomic E-state index is -0.308. The van der Waals surface area contributed by atoms with Crippen LogP contribution in [0.3, 0.4) is 0 Å². The molecule has 21 heavy (non-hydrogen) atoms. The molecule has 0 bridgehead atoms. The number of ether oxygens (including phenoxy) is 1. The van der Waals surface area contributed by atoms with Crippen molar-refractivity contribution < 1.29 is 9.53 Å². The molecule has 1 aromatic heterocycles. The Labute approximate surface area is 127 Å². The van der Waals surface area contributed by atoms with Crippen LogP contribution >= 0.6 is 11.8 Å². The second-order valence-electron chi connectivity index (χ2n) is 5.10. The first kappa shape index (κ1) is 16.1. The molecule has 0 radical (unpaired) electrons. The molecule has 1 fully saturated rings. The zero-order valence-electron chi connectivity index (χ0n) is 12.4. The third-order valence-corrected chi connectivity index (χ3v) is 4.44. The third-order valence-electron chi connectivity index (χ3n) is 3.35. The van der Waals surface area contributed by atoms with Crippen LogP contribution in [0.1, 0.15) is 33.1 Å². The van der Waals surface area contributed by atoms with E-state index in [1.54, 1.807) is 4.57 Å². The molecule has 0 aliphatic carbocycles. The van der Waals surface area contributed by atoms with Gasteiger partial charge in [0.25, 0.3) is 0 Å². The molecule has 2 atom stereocenters. The minimum absolute atomic E-state index is 0.0611. The van der Waals surface area contributed by atoms with Crippen molar-refractivity contribution in [3.05, 3.63) is 10.5 Å². The number of hydrogen-bond donors (Lipinski definition) is 2. The fraction of sp³-hybridized carbons (Fsp3) is 0.769. The number of hydrogen-bond acceptors (Lipinski definition) is 5. The second-order valence-corrected chi connectivity index (χ2v) is 6.41. The van der Waals surface area contributed by atoms with Crippen molar-refractivity contribution in [1.82, 2.24) is 20.1 Å². The van der Waals surface area contributed by atoms with Gasteiger partial charge in [0.15, 0.2) is 5.16 Å². The van der Waals surface area contributed by atoms with Gasteiger partial charge in [-0.15, -0.1) is 5.10 Å². The first-order chi connectivity index (χ1) is 10.1. The van der Waals surface area contributed by atoms with Crippen LogP contribution in [-0.4, -0.2) is 45.2 Å². The molecule has 1 aliphatic rings. The van der Waals surface area contributed by atoms with Gasteiger partial charge in [0.1, 0.15) is 0 Å². The van der Waals surface area contributed by atoms with E-state index in [9.17, 15) is 9.59 Å². The van der Waals surface area contributed by atoms with Gasteiger partial charge in [-0.25, -0.2) is 9.89 Å². The van der Waals surface area contributed by atoms with E-state index in [1.807, 2.05) is 13.8 Å². The van der Waals surface area contributed by atoms with Crippen molar-refractivity contribution in [2.45, 2.75) is 56.2 Å².